The van der Waals surface area contributed by atoms with E-state index in [1.165, 1.54) is 37.8 Å². The minimum Gasteiger partial charge on any atom is -0.497 e. The molecule has 190 valence electrons. The standard InChI is InChI=1S/C29H36N4O3/c1-36-22-6-4-19(5-7-22)24-25(27(30)34)23-15-32(8-9-33(23)26(24)20-2-3-20)28(35)31-16-29-13-17-10-18(14-29)12-21(29)11-17/h4-7,17-18,20-21H,2-3,8-16H2,1H3,(H2,30,34)(H,31,35). The van der Waals surface area contributed by atoms with Crippen LogP contribution in [0.2, 0.25) is 0 Å². The van der Waals surface area contributed by atoms with Gasteiger partial charge in [0.1, 0.15) is 5.75 Å². The summed E-state index contributed by atoms with van der Waals surface area (Å²) in [5, 5.41) is 3.33. The van der Waals surface area contributed by atoms with E-state index in [1.807, 2.05) is 29.2 Å². The molecule has 0 spiro atoms. The number of rotatable bonds is 6. The zero-order valence-corrected chi connectivity index (χ0v) is 21.1. The van der Waals surface area contributed by atoms with Crippen molar-refractivity contribution >= 4 is 11.9 Å². The second-order valence-corrected chi connectivity index (χ2v) is 12.1. The fourth-order valence-corrected chi connectivity index (χ4v) is 8.47. The molecule has 0 saturated heterocycles. The zero-order valence-electron chi connectivity index (χ0n) is 21.1. The Balaban J connectivity index is 1.16. The maximum Gasteiger partial charge on any atom is 0.317 e. The Hall–Kier alpha value is -2.96. The first-order valence-electron chi connectivity index (χ1n) is 13.7. The van der Waals surface area contributed by atoms with Crippen molar-refractivity contribution in [3.63, 3.8) is 0 Å². The SMILES string of the molecule is COc1ccc(-c2c(C(N)=O)c3n(c2C2CC2)CCN(C(=O)NCC24CC5CC(CC2C5)C4)C3)cc1. The van der Waals surface area contributed by atoms with Crippen LogP contribution in [0.1, 0.15) is 72.6 Å². The summed E-state index contributed by atoms with van der Waals surface area (Å²) in [5.74, 6) is 3.37. The smallest absolute Gasteiger partial charge is 0.317 e. The number of hydrogen-bond donors (Lipinski definition) is 2. The second kappa shape index (κ2) is 8.02. The van der Waals surface area contributed by atoms with Crippen LogP contribution in [0, 0.1) is 23.2 Å². The number of benzene rings is 1. The highest BCUT2D eigenvalue weighted by atomic mass is 16.5. The van der Waals surface area contributed by atoms with Crippen molar-refractivity contribution < 1.29 is 14.3 Å². The molecule has 4 bridgehead atoms. The average molecular weight is 489 g/mol. The van der Waals surface area contributed by atoms with Gasteiger partial charge in [-0.15, -0.1) is 0 Å². The Bertz CT molecular complexity index is 1210. The molecule has 0 radical (unpaired) electrons. The summed E-state index contributed by atoms with van der Waals surface area (Å²) in [6.07, 6.45) is 8.97. The lowest BCUT2D eigenvalue weighted by atomic mass is 9.75. The van der Waals surface area contributed by atoms with Crippen molar-refractivity contribution in [2.75, 3.05) is 20.2 Å². The van der Waals surface area contributed by atoms with Crippen LogP contribution in [-0.2, 0) is 13.1 Å². The van der Waals surface area contributed by atoms with Crippen LogP contribution in [0.4, 0.5) is 4.79 Å². The summed E-state index contributed by atoms with van der Waals surface area (Å²) in [6, 6.07) is 7.86. The molecule has 1 aliphatic heterocycles. The maximum absolute atomic E-state index is 13.4. The van der Waals surface area contributed by atoms with Gasteiger partial charge in [0.2, 0.25) is 0 Å². The van der Waals surface area contributed by atoms with Gasteiger partial charge < -0.3 is 25.3 Å². The van der Waals surface area contributed by atoms with E-state index < -0.39 is 5.91 Å². The van der Waals surface area contributed by atoms with Crippen LogP contribution in [0.5, 0.6) is 5.75 Å². The second-order valence-electron chi connectivity index (χ2n) is 12.1. The van der Waals surface area contributed by atoms with Crippen LogP contribution in [0.3, 0.4) is 0 Å². The first-order valence-corrected chi connectivity index (χ1v) is 13.7. The summed E-state index contributed by atoms with van der Waals surface area (Å²) in [5.41, 5.74) is 10.9. The molecule has 5 saturated carbocycles. The summed E-state index contributed by atoms with van der Waals surface area (Å²) in [6.45, 7) is 2.56. The molecule has 8 rings (SSSR count). The predicted octanol–water partition coefficient (Wildman–Crippen LogP) is 4.49. The number of carbonyl (C=O) groups excluding carboxylic acids is 2. The molecule has 2 heterocycles. The molecule has 1 aromatic heterocycles. The molecule has 2 unspecified atom stereocenters. The first kappa shape index (κ1) is 22.3. The number of methoxy groups -OCH3 is 1. The topological polar surface area (TPSA) is 89.6 Å². The molecule has 1 aromatic carbocycles. The van der Waals surface area contributed by atoms with E-state index in [0.29, 0.717) is 36.5 Å². The van der Waals surface area contributed by atoms with Gasteiger partial charge in [0.25, 0.3) is 5.91 Å². The van der Waals surface area contributed by atoms with Gasteiger partial charge in [0.05, 0.1) is 24.9 Å². The van der Waals surface area contributed by atoms with Crippen molar-refractivity contribution in [2.45, 2.75) is 64.0 Å². The van der Waals surface area contributed by atoms with E-state index in [2.05, 4.69) is 9.88 Å². The van der Waals surface area contributed by atoms with Crippen molar-refractivity contribution in [1.82, 2.24) is 14.8 Å². The minimum atomic E-state index is -0.420. The Morgan fingerprint density at radius 2 is 1.81 bits per heavy atom. The highest BCUT2D eigenvalue weighted by Crippen LogP contribution is 2.65. The minimum absolute atomic E-state index is 0.00237. The lowest BCUT2D eigenvalue weighted by Gasteiger charge is -2.35. The fraction of sp³-hybridized carbons (Fsp3) is 0.586. The quantitative estimate of drug-likeness (QED) is 0.628. The van der Waals surface area contributed by atoms with Crippen molar-refractivity contribution in [2.24, 2.45) is 28.9 Å². The number of nitrogens with two attached hydrogens (primary N) is 1. The van der Waals surface area contributed by atoms with Crippen LogP contribution in [-0.4, -0.2) is 41.6 Å². The molecular formula is C29H36N4O3. The monoisotopic (exact) mass is 488 g/mol. The van der Waals surface area contributed by atoms with Gasteiger partial charge in [-0.05, 0) is 91.7 Å². The highest BCUT2D eigenvalue weighted by molar-refractivity contribution is 6.02. The first-order chi connectivity index (χ1) is 17.5. The Labute approximate surface area is 212 Å². The Kier molecular flexibility index (Phi) is 4.96. The van der Waals surface area contributed by atoms with Crippen LogP contribution >= 0.6 is 0 Å². The van der Waals surface area contributed by atoms with E-state index >= 15 is 0 Å². The van der Waals surface area contributed by atoms with Gasteiger partial charge in [0, 0.05) is 30.9 Å². The van der Waals surface area contributed by atoms with E-state index in [4.69, 9.17) is 10.5 Å². The number of fused-ring (bicyclic) bond motifs is 1. The molecule has 5 fully saturated rings. The van der Waals surface area contributed by atoms with Gasteiger partial charge in [-0.25, -0.2) is 4.79 Å². The highest BCUT2D eigenvalue weighted by Gasteiger charge is 2.57. The molecule has 6 aliphatic rings. The summed E-state index contributed by atoms with van der Waals surface area (Å²) >= 11 is 0. The van der Waals surface area contributed by atoms with Gasteiger partial charge >= 0.3 is 6.03 Å². The van der Waals surface area contributed by atoms with E-state index in [1.54, 1.807) is 7.11 Å². The number of amides is 3. The Morgan fingerprint density at radius 3 is 2.44 bits per heavy atom. The van der Waals surface area contributed by atoms with Gasteiger partial charge in [0.15, 0.2) is 0 Å². The third-order valence-corrected chi connectivity index (χ3v) is 9.97. The lowest BCUT2D eigenvalue weighted by Crippen LogP contribution is -2.48. The van der Waals surface area contributed by atoms with E-state index in [-0.39, 0.29) is 6.03 Å². The molecule has 3 amide bonds. The zero-order chi connectivity index (χ0) is 24.6. The van der Waals surface area contributed by atoms with Crippen LogP contribution in [0.25, 0.3) is 11.1 Å². The number of nitrogens with zero attached hydrogens (tertiary/aromatic N) is 2. The van der Waals surface area contributed by atoms with Crippen molar-refractivity contribution in [1.29, 1.82) is 0 Å². The number of ether oxygens (including phenoxy) is 1. The third-order valence-electron chi connectivity index (χ3n) is 9.97. The lowest BCUT2D eigenvalue weighted by molar-refractivity contribution is 0.0997. The molecule has 3 N–H and O–H groups in total. The molecule has 36 heavy (non-hydrogen) atoms. The third kappa shape index (κ3) is 3.38. The molecule has 7 nitrogen and oxygen atoms in total. The number of hydrogen-bond acceptors (Lipinski definition) is 3. The van der Waals surface area contributed by atoms with E-state index in [9.17, 15) is 9.59 Å². The molecule has 5 aliphatic carbocycles. The number of nitrogens with one attached hydrogen (secondary N) is 1. The average Bonchev–Trinajstić information content (AvgIpc) is 3.56. The molecule has 2 aromatic rings. The summed E-state index contributed by atoms with van der Waals surface area (Å²) in [4.78, 5) is 28.1. The van der Waals surface area contributed by atoms with Crippen LogP contribution in [0.15, 0.2) is 24.3 Å². The fourth-order valence-electron chi connectivity index (χ4n) is 8.47. The van der Waals surface area contributed by atoms with Gasteiger partial charge in [-0.2, -0.15) is 0 Å². The van der Waals surface area contributed by atoms with Crippen molar-refractivity contribution in [3.8, 4) is 16.9 Å². The molecular weight excluding hydrogens is 452 g/mol. The summed E-state index contributed by atoms with van der Waals surface area (Å²) in [7, 11) is 1.65. The largest absolute Gasteiger partial charge is 0.497 e. The molecule has 2 atom stereocenters. The Morgan fingerprint density at radius 1 is 1.08 bits per heavy atom. The molecule has 7 heteroatoms. The number of aromatic nitrogens is 1. The van der Waals surface area contributed by atoms with E-state index in [0.717, 1.165) is 59.7 Å². The summed E-state index contributed by atoms with van der Waals surface area (Å²) < 4.78 is 7.63. The predicted molar refractivity (Wildman–Crippen MR) is 137 cm³/mol. The van der Waals surface area contributed by atoms with Gasteiger partial charge in [-0.1, -0.05) is 12.1 Å². The number of primary amides is 1. The van der Waals surface area contributed by atoms with Crippen molar-refractivity contribution in [3.05, 3.63) is 41.2 Å². The maximum atomic E-state index is 13.4. The van der Waals surface area contributed by atoms with Gasteiger partial charge in [-0.3, -0.25) is 4.79 Å². The number of carbonyl (C=O) groups is 2. The van der Waals surface area contributed by atoms with Crippen LogP contribution < -0.4 is 15.8 Å². The normalized spacial score (nSPS) is 29.9. The number of urea groups is 1.